The molecule has 0 bridgehead atoms. The molecule has 0 unspecified atom stereocenters. The van der Waals surface area contributed by atoms with Crippen molar-refractivity contribution in [3.8, 4) is 0 Å². The monoisotopic (exact) mass is 261 g/mol. The van der Waals surface area contributed by atoms with Gasteiger partial charge >= 0.3 is 0 Å². The molecule has 2 rings (SSSR count). The SMILES string of the molecule is CNC(=O)c1ccc(N)c(NC2CCC(C)CC2)c1. The van der Waals surface area contributed by atoms with E-state index in [2.05, 4.69) is 17.6 Å². The fraction of sp³-hybridized carbons (Fsp3) is 0.533. The number of hydrogen-bond donors (Lipinski definition) is 3. The minimum absolute atomic E-state index is 0.0830. The van der Waals surface area contributed by atoms with Crippen LogP contribution in [0.4, 0.5) is 11.4 Å². The average molecular weight is 261 g/mol. The number of amides is 1. The van der Waals surface area contributed by atoms with Gasteiger partial charge in [-0.1, -0.05) is 6.92 Å². The number of carbonyl (C=O) groups excluding carboxylic acids is 1. The van der Waals surface area contributed by atoms with Gasteiger partial charge in [0.25, 0.3) is 5.91 Å². The first-order chi connectivity index (χ1) is 9.10. The van der Waals surface area contributed by atoms with Crippen molar-refractivity contribution in [2.45, 2.75) is 38.6 Å². The molecule has 19 heavy (non-hydrogen) atoms. The maximum Gasteiger partial charge on any atom is 0.251 e. The second-order valence-electron chi connectivity index (χ2n) is 5.48. The average Bonchev–Trinajstić information content (AvgIpc) is 2.43. The molecule has 104 valence electrons. The van der Waals surface area contributed by atoms with E-state index >= 15 is 0 Å². The van der Waals surface area contributed by atoms with Crippen LogP contribution in [0.2, 0.25) is 0 Å². The van der Waals surface area contributed by atoms with Crippen molar-refractivity contribution < 1.29 is 4.79 Å². The molecule has 4 heteroatoms. The van der Waals surface area contributed by atoms with Crippen LogP contribution in [0.1, 0.15) is 43.0 Å². The molecule has 4 nitrogen and oxygen atoms in total. The number of rotatable bonds is 3. The van der Waals surface area contributed by atoms with E-state index in [1.807, 2.05) is 6.07 Å². The van der Waals surface area contributed by atoms with Crippen LogP contribution in [0.3, 0.4) is 0 Å². The fourth-order valence-corrected chi connectivity index (χ4v) is 2.59. The van der Waals surface area contributed by atoms with Crippen LogP contribution >= 0.6 is 0 Å². The molecule has 0 radical (unpaired) electrons. The molecular formula is C15H23N3O. The predicted molar refractivity (Wildman–Crippen MR) is 79.3 cm³/mol. The first-order valence-corrected chi connectivity index (χ1v) is 6.98. The predicted octanol–water partition coefficient (Wildman–Crippen LogP) is 2.62. The first kappa shape index (κ1) is 13.7. The van der Waals surface area contributed by atoms with Gasteiger partial charge in [0.2, 0.25) is 0 Å². The van der Waals surface area contributed by atoms with Crippen LogP contribution < -0.4 is 16.4 Å². The molecule has 1 aliphatic rings. The van der Waals surface area contributed by atoms with E-state index in [9.17, 15) is 4.79 Å². The van der Waals surface area contributed by atoms with Crippen molar-refractivity contribution in [1.82, 2.24) is 5.32 Å². The molecule has 0 heterocycles. The molecule has 0 saturated heterocycles. The van der Waals surface area contributed by atoms with Crippen LogP contribution in [0.15, 0.2) is 18.2 Å². The maximum atomic E-state index is 11.6. The van der Waals surface area contributed by atoms with Crippen molar-refractivity contribution in [2.24, 2.45) is 5.92 Å². The highest BCUT2D eigenvalue weighted by atomic mass is 16.1. The number of nitrogens with one attached hydrogen (secondary N) is 2. The van der Waals surface area contributed by atoms with Gasteiger partial charge in [0.05, 0.1) is 11.4 Å². The highest BCUT2D eigenvalue weighted by Gasteiger charge is 2.19. The van der Waals surface area contributed by atoms with Gasteiger partial charge < -0.3 is 16.4 Å². The Morgan fingerprint density at radius 3 is 2.58 bits per heavy atom. The van der Waals surface area contributed by atoms with E-state index in [4.69, 9.17) is 5.73 Å². The van der Waals surface area contributed by atoms with E-state index in [-0.39, 0.29) is 5.91 Å². The lowest BCUT2D eigenvalue weighted by Gasteiger charge is -2.28. The Hall–Kier alpha value is -1.71. The Kier molecular flexibility index (Phi) is 4.30. The van der Waals surface area contributed by atoms with Gasteiger partial charge in [-0.25, -0.2) is 0 Å². The lowest BCUT2D eigenvalue weighted by molar-refractivity contribution is 0.0963. The molecular weight excluding hydrogens is 238 g/mol. The van der Waals surface area contributed by atoms with E-state index in [0.29, 0.717) is 17.3 Å². The molecule has 0 atom stereocenters. The van der Waals surface area contributed by atoms with Gasteiger partial charge in [-0.05, 0) is 49.8 Å². The fourth-order valence-electron chi connectivity index (χ4n) is 2.59. The summed E-state index contributed by atoms with van der Waals surface area (Å²) in [5.74, 6) is 0.743. The van der Waals surface area contributed by atoms with Crippen LogP contribution in [0, 0.1) is 5.92 Å². The summed E-state index contributed by atoms with van der Waals surface area (Å²) < 4.78 is 0. The Balaban J connectivity index is 2.08. The van der Waals surface area contributed by atoms with Gasteiger partial charge in [0.15, 0.2) is 0 Å². The third-order valence-electron chi connectivity index (χ3n) is 3.92. The molecule has 1 aromatic carbocycles. The molecule has 0 aromatic heterocycles. The van der Waals surface area contributed by atoms with Crippen molar-refractivity contribution in [1.29, 1.82) is 0 Å². The van der Waals surface area contributed by atoms with E-state index in [1.165, 1.54) is 25.7 Å². The molecule has 0 aliphatic heterocycles. The summed E-state index contributed by atoms with van der Waals surface area (Å²) in [4.78, 5) is 11.6. The first-order valence-electron chi connectivity index (χ1n) is 6.98. The largest absolute Gasteiger partial charge is 0.397 e. The number of nitrogens with two attached hydrogens (primary N) is 1. The van der Waals surface area contributed by atoms with E-state index < -0.39 is 0 Å². The summed E-state index contributed by atoms with van der Waals surface area (Å²) in [5, 5.41) is 6.11. The molecule has 1 aromatic rings. The summed E-state index contributed by atoms with van der Waals surface area (Å²) in [7, 11) is 1.63. The maximum absolute atomic E-state index is 11.6. The summed E-state index contributed by atoms with van der Waals surface area (Å²) in [6.45, 7) is 2.30. The zero-order valence-electron chi connectivity index (χ0n) is 11.7. The Morgan fingerprint density at radius 1 is 1.26 bits per heavy atom. The molecule has 4 N–H and O–H groups in total. The lowest BCUT2D eigenvalue weighted by atomic mass is 9.87. The summed E-state index contributed by atoms with van der Waals surface area (Å²) >= 11 is 0. The van der Waals surface area contributed by atoms with Crippen LogP contribution in [-0.4, -0.2) is 19.0 Å². The van der Waals surface area contributed by atoms with Gasteiger partial charge in [-0.15, -0.1) is 0 Å². The number of carbonyl (C=O) groups is 1. The number of nitrogen functional groups attached to an aromatic ring is 1. The highest BCUT2D eigenvalue weighted by Crippen LogP contribution is 2.28. The van der Waals surface area contributed by atoms with Crippen molar-refractivity contribution >= 4 is 17.3 Å². The summed E-state index contributed by atoms with van der Waals surface area (Å²) in [5.41, 5.74) is 8.20. The van der Waals surface area contributed by atoms with Crippen molar-refractivity contribution in [3.05, 3.63) is 23.8 Å². The van der Waals surface area contributed by atoms with E-state index in [1.54, 1.807) is 19.2 Å². The third-order valence-corrected chi connectivity index (χ3v) is 3.92. The summed E-state index contributed by atoms with van der Waals surface area (Å²) in [6, 6.07) is 5.85. The standard InChI is InChI=1S/C15H23N3O/c1-10-3-6-12(7-4-10)18-14-9-11(15(19)17-2)5-8-13(14)16/h5,8-10,12,18H,3-4,6-7,16H2,1-2H3,(H,17,19). The van der Waals surface area contributed by atoms with Gasteiger partial charge in [-0.3, -0.25) is 4.79 Å². The molecule has 1 aliphatic carbocycles. The second-order valence-corrected chi connectivity index (χ2v) is 5.48. The Labute approximate surface area is 114 Å². The smallest absolute Gasteiger partial charge is 0.251 e. The van der Waals surface area contributed by atoms with Gasteiger partial charge in [0, 0.05) is 18.7 Å². The molecule has 1 fully saturated rings. The number of anilines is 2. The van der Waals surface area contributed by atoms with Crippen molar-refractivity contribution in [3.63, 3.8) is 0 Å². The zero-order chi connectivity index (χ0) is 13.8. The van der Waals surface area contributed by atoms with Crippen LogP contribution in [-0.2, 0) is 0 Å². The quantitative estimate of drug-likeness (QED) is 0.733. The van der Waals surface area contributed by atoms with Crippen LogP contribution in [0.5, 0.6) is 0 Å². The van der Waals surface area contributed by atoms with Gasteiger partial charge in [-0.2, -0.15) is 0 Å². The van der Waals surface area contributed by atoms with E-state index in [0.717, 1.165) is 11.6 Å². The van der Waals surface area contributed by atoms with Crippen LogP contribution in [0.25, 0.3) is 0 Å². The third kappa shape index (κ3) is 3.40. The lowest BCUT2D eigenvalue weighted by Crippen LogP contribution is -2.26. The normalized spacial score (nSPS) is 22.8. The minimum atomic E-state index is -0.0830. The minimum Gasteiger partial charge on any atom is -0.397 e. The highest BCUT2D eigenvalue weighted by molar-refractivity contribution is 5.96. The Morgan fingerprint density at radius 2 is 1.95 bits per heavy atom. The zero-order valence-corrected chi connectivity index (χ0v) is 11.7. The molecule has 1 amide bonds. The molecule has 0 spiro atoms. The number of hydrogen-bond acceptors (Lipinski definition) is 3. The topological polar surface area (TPSA) is 67.2 Å². The van der Waals surface area contributed by atoms with Crippen molar-refractivity contribution in [2.75, 3.05) is 18.1 Å². The number of benzene rings is 1. The van der Waals surface area contributed by atoms with Gasteiger partial charge in [0.1, 0.15) is 0 Å². The molecule has 1 saturated carbocycles. The summed E-state index contributed by atoms with van der Waals surface area (Å²) in [6.07, 6.45) is 4.86. The Bertz CT molecular complexity index is 451. The second kappa shape index (κ2) is 5.95.